The molecule has 14 heavy (non-hydrogen) atoms. The molecule has 2 heterocycles. The van der Waals surface area contributed by atoms with Gasteiger partial charge in [0.1, 0.15) is 5.69 Å². The first-order valence-corrected chi connectivity index (χ1v) is 5.08. The van der Waals surface area contributed by atoms with Gasteiger partial charge < -0.3 is 9.64 Å². The summed E-state index contributed by atoms with van der Waals surface area (Å²) in [5.74, 6) is 0. The van der Waals surface area contributed by atoms with E-state index in [4.69, 9.17) is 27.9 Å². The van der Waals surface area contributed by atoms with Gasteiger partial charge in [-0.2, -0.15) is 4.98 Å². The Kier molecular flexibility index (Phi) is 3.05. The van der Waals surface area contributed by atoms with E-state index in [2.05, 4.69) is 14.9 Å². The van der Waals surface area contributed by atoms with Crippen LogP contribution in [0.4, 0.5) is 5.69 Å². The molecule has 0 N–H and O–H groups in total. The summed E-state index contributed by atoms with van der Waals surface area (Å²) >= 11 is 10.7. The molecule has 1 saturated heterocycles. The largest absolute Gasteiger partial charge is 0.378 e. The molecule has 0 bridgehead atoms. The molecule has 0 aliphatic carbocycles. The molecule has 4 nitrogen and oxygen atoms in total. The zero-order valence-corrected chi connectivity index (χ0v) is 9.01. The third-order valence-corrected chi connectivity index (χ3v) is 2.54. The molecule has 76 valence electrons. The summed E-state index contributed by atoms with van der Waals surface area (Å²) < 4.78 is 5.24. The van der Waals surface area contributed by atoms with Crippen molar-refractivity contribution in [1.82, 2.24) is 9.97 Å². The highest BCUT2D eigenvalue weighted by Crippen LogP contribution is 2.20. The molecule has 2 rings (SSSR count). The van der Waals surface area contributed by atoms with Crippen LogP contribution in [-0.4, -0.2) is 36.3 Å². The highest BCUT2D eigenvalue weighted by atomic mass is 35.5. The molecule has 0 radical (unpaired) electrons. The summed E-state index contributed by atoms with van der Waals surface area (Å²) in [5, 5.41) is 0.707. The number of rotatable bonds is 1. The summed E-state index contributed by atoms with van der Waals surface area (Å²) in [6.07, 6.45) is 1.67. The summed E-state index contributed by atoms with van der Waals surface area (Å²) in [5.41, 5.74) is 0.868. The molecule has 1 aromatic heterocycles. The Morgan fingerprint density at radius 1 is 1.43 bits per heavy atom. The van der Waals surface area contributed by atoms with Gasteiger partial charge in [-0.25, -0.2) is 4.98 Å². The van der Waals surface area contributed by atoms with Gasteiger partial charge in [-0.15, -0.1) is 0 Å². The van der Waals surface area contributed by atoms with Crippen molar-refractivity contribution in [2.75, 3.05) is 31.2 Å². The van der Waals surface area contributed by atoms with E-state index < -0.39 is 0 Å². The van der Waals surface area contributed by atoms with Gasteiger partial charge in [0.15, 0.2) is 11.6 Å². The van der Waals surface area contributed by atoms with E-state index in [1.54, 1.807) is 6.20 Å². The summed E-state index contributed by atoms with van der Waals surface area (Å²) in [6, 6.07) is 0. The molecule has 0 spiro atoms. The van der Waals surface area contributed by atoms with Crippen LogP contribution in [0.1, 0.15) is 0 Å². The van der Waals surface area contributed by atoms with Crippen molar-refractivity contribution in [3.63, 3.8) is 0 Å². The second-order valence-electron chi connectivity index (χ2n) is 2.93. The van der Waals surface area contributed by atoms with Gasteiger partial charge >= 0.3 is 5.15 Å². The number of halogens is 2. The van der Waals surface area contributed by atoms with Crippen LogP contribution in [0.5, 0.6) is 0 Å². The van der Waals surface area contributed by atoms with E-state index in [1.807, 2.05) is 0 Å². The van der Waals surface area contributed by atoms with Gasteiger partial charge in [0, 0.05) is 13.1 Å². The second kappa shape index (κ2) is 4.29. The van der Waals surface area contributed by atoms with Crippen molar-refractivity contribution in [2.24, 2.45) is 0 Å². The van der Waals surface area contributed by atoms with Gasteiger partial charge in [0.05, 0.1) is 19.4 Å². The molecule has 1 aliphatic rings. The average molecular weight is 235 g/mol. The summed E-state index contributed by atoms with van der Waals surface area (Å²) in [6.45, 7) is 3.10. The number of aromatic nitrogens is 2. The monoisotopic (exact) mass is 234 g/mol. The fourth-order valence-corrected chi connectivity index (χ4v) is 1.81. The normalized spacial score (nSPS) is 17.1. The van der Waals surface area contributed by atoms with Gasteiger partial charge in [0.25, 0.3) is 0 Å². The maximum Gasteiger partial charge on any atom is 0.345 e. The topological polar surface area (TPSA) is 38.2 Å². The van der Waals surface area contributed by atoms with Crippen molar-refractivity contribution in [3.05, 3.63) is 16.6 Å². The van der Waals surface area contributed by atoms with Crippen LogP contribution in [0.3, 0.4) is 0 Å². The second-order valence-corrected chi connectivity index (χ2v) is 3.65. The lowest BCUT2D eigenvalue weighted by Crippen LogP contribution is -2.36. The minimum absolute atomic E-state index is 0.201. The fourth-order valence-electron chi connectivity index (χ4n) is 1.36. The van der Waals surface area contributed by atoms with Crippen LogP contribution in [0.15, 0.2) is 6.20 Å². The molecule has 0 atom stereocenters. The molecular formula is C8H10Cl2N3O+. The lowest BCUT2D eigenvalue weighted by molar-refractivity contribution is -0.295. The van der Waals surface area contributed by atoms with Crippen molar-refractivity contribution in [3.8, 4) is 0 Å². The maximum absolute atomic E-state index is 5.62. The number of nitrogens with zero attached hydrogens (tertiary/aromatic N) is 3. The van der Waals surface area contributed by atoms with Crippen molar-refractivity contribution in [1.29, 1.82) is 0 Å². The zero-order chi connectivity index (χ0) is 9.97. The minimum atomic E-state index is 0.201. The standard InChI is InChI=1S/C8H10Cl2N3O/c9-7-6(5-11-8(10)12-7)13-1-3-14-4-2-13/h5,9H,1-4H2/q+1. The Bertz CT molecular complexity index is 328. The summed E-state index contributed by atoms with van der Waals surface area (Å²) in [7, 11) is 0. The molecule has 1 aliphatic heterocycles. The van der Waals surface area contributed by atoms with E-state index in [-0.39, 0.29) is 5.28 Å². The molecule has 1 aromatic rings. The van der Waals surface area contributed by atoms with Crippen molar-refractivity contribution < 1.29 is 16.3 Å². The first-order valence-electron chi connectivity index (χ1n) is 4.29. The van der Waals surface area contributed by atoms with Crippen LogP contribution in [0.25, 0.3) is 0 Å². The number of morpholine rings is 1. The van der Waals surface area contributed by atoms with E-state index in [0.29, 0.717) is 5.15 Å². The molecule has 0 amide bonds. The molecule has 0 aromatic carbocycles. The quantitative estimate of drug-likeness (QED) is 0.529. The minimum Gasteiger partial charge on any atom is -0.378 e. The van der Waals surface area contributed by atoms with Crippen molar-refractivity contribution >= 4 is 17.3 Å². The van der Waals surface area contributed by atoms with E-state index in [0.717, 1.165) is 32.0 Å². The third kappa shape index (κ3) is 2.08. The predicted molar refractivity (Wildman–Crippen MR) is 50.6 cm³/mol. The maximum atomic E-state index is 5.62. The number of hydrogen-bond acceptors (Lipinski definition) is 4. The first-order chi connectivity index (χ1) is 6.77. The van der Waals surface area contributed by atoms with E-state index in [1.165, 1.54) is 0 Å². The van der Waals surface area contributed by atoms with E-state index in [9.17, 15) is 0 Å². The Labute approximate surface area is 91.8 Å². The Morgan fingerprint density at radius 3 is 2.79 bits per heavy atom. The predicted octanol–water partition coefficient (Wildman–Crippen LogP) is 0.663. The van der Waals surface area contributed by atoms with Gasteiger partial charge in [0.2, 0.25) is 5.28 Å². The fraction of sp³-hybridized carbons (Fsp3) is 0.500. The molecule has 0 saturated carbocycles. The van der Waals surface area contributed by atoms with Gasteiger partial charge in [-0.3, -0.25) is 0 Å². The molecule has 6 heteroatoms. The Hall–Kier alpha value is -0.580. The van der Waals surface area contributed by atoms with Crippen molar-refractivity contribution in [2.45, 2.75) is 0 Å². The van der Waals surface area contributed by atoms with Gasteiger partial charge in [-0.05, 0) is 11.6 Å². The molecule has 0 unspecified atom stereocenters. The number of hydrogen-bond donors (Lipinski definition) is 0. The SMILES string of the molecule is Clc1ncc(N2CCOCC2)c([ClH+])n1. The Balaban J connectivity index is 2.22. The van der Waals surface area contributed by atoms with Gasteiger partial charge in [-0.1, -0.05) is 0 Å². The van der Waals surface area contributed by atoms with Crippen LogP contribution in [0, 0.1) is 11.6 Å². The zero-order valence-electron chi connectivity index (χ0n) is 7.44. The number of anilines is 1. The highest BCUT2D eigenvalue weighted by Gasteiger charge is 2.19. The summed E-state index contributed by atoms with van der Waals surface area (Å²) in [4.78, 5) is 9.97. The highest BCUT2D eigenvalue weighted by molar-refractivity contribution is 6.28. The van der Waals surface area contributed by atoms with Crippen LogP contribution < -0.4 is 4.90 Å². The number of ether oxygens (including phenoxy) is 1. The van der Waals surface area contributed by atoms with Crippen LogP contribution in [-0.2, 0) is 4.74 Å². The smallest absolute Gasteiger partial charge is 0.345 e. The van der Waals surface area contributed by atoms with Crippen LogP contribution in [0.2, 0.25) is 10.4 Å². The molecule has 1 fully saturated rings. The lowest BCUT2D eigenvalue weighted by Gasteiger charge is -2.27. The lowest BCUT2D eigenvalue weighted by atomic mass is 10.4. The Morgan fingerprint density at radius 2 is 2.14 bits per heavy atom. The average Bonchev–Trinajstić information content (AvgIpc) is 2.19. The van der Waals surface area contributed by atoms with E-state index >= 15 is 0 Å². The third-order valence-electron chi connectivity index (χ3n) is 2.06. The first kappa shape index (κ1) is 9.96. The molecular weight excluding hydrogens is 225 g/mol. The van der Waals surface area contributed by atoms with Crippen LogP contribution >= 0.6 is 11.6 Å².